The highest BCUT2D eigenvalue weighted by Crippen LogP contribution is 2.28. The molecule has 0 amide bonds. The molecule has 0 aromatic carbocycles. The predicted molar refractivity (Wildman–Crippen MR) is 81.1 cm³/mol. The molecule has 6 nitrogen and oxygen atoms in total. The fraction of sp³-hybridized carbons (Fsp3) is 1.00. The molecule has 0 saturated carbocycles. The molecule has 3 aliphatic heterocycles. The first kappa shape index (κ1) is 15.7. The monoisotopic (exact) mass is 317 g/mol. The van der Waals surface area contributed by atoms with E-state index in [-0.39, 0.29) is 18.6 Å². The van der Waals surface area contributed by atoms with Gasteiger partial charge in [0.15, 0.2) is 0 Å². The van der Waals surface area contributed by atoms with Gasteiger partial charge in [0.1, 0.15) is 0 Å². The summed E-state index contributed by atoms with van der Waals surface area (Å²) in [6, 6.07) is 0.467. The number of aliphatic hydroxyl groups is 1. The van der Waals surface area contributed by atoms with Crippen LogP contribution in [0, 0.1) is 5.92 Å². The highest BCUT2D eigenvalue weighted by Gasteiger charge is 2.39. The lowest BCUT2D eigenvalue weighted by atomic mass is 10.00. The van der Waals surface area contributed by atoms with Gasteiger partial charge in [-0.15, -0.1) is 0 Å². The standard InChI is InChI=1S/C14H27N3O3S/c18-11-12-4-9-17(10-5-12)21(19,20)15-13-6-8-16-7-2-1-3-14(13)16/h12-15,18H,1-11H2. The van der Waals surface area contributed by atoms with Crippen LogP contribution in [0.2, 0.25) is 0 Å². The molecule has 0 spiro atoms. The molecular formula is C14H27N3O3S. The molecule has 3 rings (SSSR count). The second kappa shape index (κ2) is 6.50. The zero-order valence-electron chi connectivity index (χ0n) is 12.6. The predicted octanol–water partition coefficient (Wildman–Crippen LogP) is 0.152. The molecule has 122 valence electrons. The highest BCUT2D eigenvalue weighted by molar-refractivity contribution is 7.87. The van der Waals surface area contributed by atoms with E-state index in [1.54, 1.807) is 4.31 Å². The van der Waals surface area contributed by atoms with E-state index in [0.29, 0.717) is 19.1 Å². The summed E-state index contributed by atoms with van der Waals surface area (Å²) in [4.78, 5) is 2.44. The molecule has 0 radical (unpaired) electrons. The van der Waals surface area contributed by atoms with Crippen LogP contribution in [0.25, 0.3) is 0 Å². The van der Waals surface area contributed by atoms with Crippen molar-refractivity contribution in [2.75, 3.05) is 32.8 Å². The molecule has 0 bridgehead atoms. The van der Waals surface area contributed by atoms with E-state index in [4.69, 9.17) is 5.11 Å². The van der Waals surface area contributed by atoms with Crippen LogP contribution < -0.4 is 4.72 Å². The minimum atomic E-state index is -3.37. The van der Waals surface area contributed by atoms with Crippen molar-refractivity contribution in [3.8, 4) is 0 Å². The van der Waals surface area contributed by atoms with Crippen LogP contribution >= 0.6 is 0 Å². The average Bonchev–Trinajstić information content (AvgIpc) is 2.90. The Balaban J connectivity index is 1.58. The quantitative estimate of drug-likeness (QED) is 0.774. The van der Waals surface area contributed by atoms with Gasteiger partial charge >= 0.3 is 0 Å². The molecular weight excluding hydrogens is 290 g/mol. The first-order valence-electron chi connectivity index (χ1n) is 8.22. The molecule has 0 aliphatic carbocycles. The van der Waals surface area contributed by atoms with Gasteiger partial charge in [-0.1, -0.05) is 6.42 Å². The fourth-order valence-corrected chi connectivity index (χ4v) is 5.48. The Morgan fingerprint density at radius 3 is 2.48 bits per heavy atom. The minimum absolute atomic E-state index is 0.0749. The third-order valence-corrected chi connectivity index (χ3v) is 6.97. The zero-order chi connectivity index (χ0) is 14.9. The molecule has 7 heteroatoms. The first-order valence-corrected chi connectivity index (χ1v) is 9.66. The molecule has 0 aromatic heterocycles. The largest absolute Gasteiger partial charge is 0.396 e. The molecule has 3 saturated heterocycles. The van der Waals surface area contributed by atoms with Gasteiger partial charge in [-0.2, -0.15) is 17.4 Å². The Labute approximate surface area is 127 Å². The number of fused-ring (bicyclic) bond motifs is 1. The Bertz CT molecular complexity index is 448. The van der Waals surface area contributed by atoms with Crippen LogP contribution in [-0.2, 0) is 10.2 Å². The number of nitrogens with one attached hydrogen (secondary N) is 1. The Morgan fingerprint density at radius 2 is 1.76 bits per heavy atom. The molecule has 2 unspecified atom stereocenters. The minimum Gasteiger partial charge on any atom is -0.396 e. The maximum atomic E-state index is 12.5. The summed E-state index contributed by atoms with van der Waals surface area (Å²) < 4.78 is 29.6. The van der Waals surface area contributed by atoms with Crippen molar-refractivity contribution in [3.05, 3.63) is 0 Å². The molecule has 21 heavy (non-hydrogen) atoms. The van der Waals surface area contributed by atoms with Gasteiger partial charge in [-0.05, 0) is 44.6 Å². The summed E-state index contributed by atoms with van der Waals surface area (Å²) in [7, 11) is -3.37. The van der Waals surface area contributed by atoms with Crippen LogP contribution in [0.3, 0.4) is 0 Å². The number of nitrogens with zero attached hydrogens (tertiary/aromatic N) is 2. The second-order valence-electron chi connectivity index (χ2n) is 6.64. The van der Waals surface area contributed by atoms with E-state index in [0.717, 1.165) is 38.8 Å². The lowest BCUT2D eigenvalue weighted by Crippen LogP contribution is -2.52. The van der Waals surface area contributed by atoms with Crippen LogP contribution in [0.5, 0.6) is 0 Å². The molecule has 3 aliphatic rings. The van der Waals surface area contributed by atoms with Crippen LogP contribution in [0.15, 0.2) is 0 Å². The van der Waals surface area contributed by atoms with Crippen molar-refractivity contribution in [2.24, 2.45) is 5.92 Å². The van der Waals surface area contributed by atoms with E-state index in [1.807, 2.05) is 0 Å². The number of hydrogen-bond donors (Lipinski definition) is 2. The van der Waals surface area contributed by atoms with Gasteiger partial charge in [0.25, 0.3) is 10.2 Å². The van der Waals surface area contributed by atoms with Crippen LogP contribution in [0.4, 0.5) is 0 Å². The fourth-order valence-electron chi connectivity index (χ4n) is 3.98. The molecule has 2 atom stereocenters. The third-order valence-electron chi connectivity index (χ3n) is 5.33. The lowest BCUT2D eigenvalue weighted by molar-refractivity contribution is 0.167. The number of aliphatic hydroxyl groups excluding tert-OH is 1. The van der Waals surface area contributed by atoms with Crippen molar-refractivity contribution in [2.45, 2.75) is 50.6 Å². The summed E-state index contributed by atoms with van der Waals surface area (Å²) in [5.74, 6) is 0.261. The van der Waals surface area contributed by atoms with Gasteiger partial charge in [0.05, 0.1) is 0 Å². The van der Waals surface area contributed by atoms with Crippen molar-refractivity contribution in [3.63, 3.8) is 0 Å². The molecule has 3 fully saturated rings. The molecule has 3 heterocycles. The Kier molecular flexibility index (Phi) is 4.85. The Morgan fingerprint density at radius 1 is 1.00 bits per heavy atom. The topological polar surface area (TPSA) is 72.9 Å². The molecule has 2 N–H and O–H groups in total. The highest BCUT2D eigenvalue weighted by atomic mass is 32.2. The second-order valence-corrected chi connectivity index (χ2v) is 8.34. The SMILES string of the molecule is O=S(=O)(NC1CCN2CCCCC12)N1CCC(CO)CC1. The lowest BCUT2D eigenvalue weighted by Gasteiger charge is -2.35. The first-order chi connectivity index (χ1) is 10.1. The van der Waals surface area contributed by atoms with Gasteiger partial charge in [0, 0.05) is 38.3 Å². The van der Waals surface area contributed by atoms with Crippen molar-refractivity contribution >= 4 is 10.2 Å². The van der Waals surface area contributed by atoms with Crippen molar-refractivity contribution in [1.82, 2.24) is 13.9 Å². The molecule has 0 aromatic rings. The van der Waals surface area contributed by atoms with E-state index in [1.165, 1.54) is 12.8 Å². The van der Waals surface area contributed by atoms with Crippen LogP contribution in [0.1, 0.15) is 38.5 Å². The average molecular weight is 317 g/mol. The third kappa shape index (κ3) is 3.42. The van der Waals surface area contributed by atoms with E-state index < -0.39 is 10.2 Å². The zero-order valence-corrected chi connectivity index (χ0v) is 13.4. The van der Waals surface area contributed by atoms with Gasteiger partial charge < -0.3 is 5.11 Å². The maximum absolute atomic E-state index is 12.5. The number of piperidine rings is 2. The maximum Gasteiger partial charge on any atom is 0.279 e. The van der Waals surface area contributed by atoms with E-state index in [9.17, 15) is 8.42 Å². The van der Waals surface area contributed by atoms with E-state index in [2.05, 4.69) is 9.62 Å². The smallest absolute Gasteiger partial charge is 0.279 e. The summed E-state index contributed by atoms with van der Waals surface area (Å²) in [5.41, 5.74) is 0. The number of rotatable bonds is 4. The summed E-state index contributed by atoms with van der Waals surface area (Å²) in [6.45, 7) is 3.36. The van der Waals surface area contributed by atoms with Crippen molar-refractivity contribution < 1.29 is 13.5 Å². The van der Waals surface area contributed by atoms with Crippen molar-refractivity contribution in [1.29, 1.82) is 0 Å². The summed E-state index contributed by atoms with van der Waals surface area (Å²) in [6.07, 6.45) is 6.01. The van der Waals surface area contributed by atoms with Gasteiger partial charge in [-0.3, -0.25) is 4.90 Å². The summed E-state index contributed by atoms with van der Waals surface area (Å²) >= 11 is 0. The van der Waals surface area contributed by atoms with Gasteiger partial charge in [-0.25, -0.2) is 0 Å². The van der Waals surface area contributed by atoms with Crippen LogP contribution in [-0.4, -0.2) is 67.6 Å². The van der Waals surface area contributed by atoms with Gasteiger partial charge in [0.2, 0.25) is 0 Å². The Hall–Kier alpha value is -0.210. The number of hydrogen-bond acceptors (Lipinski definition) is 4. The summed E-state index contributed by atoms with van der Waals surface area (Å²) in [5, 5.41) is 9.15. The van der Waals surface area contributed by atoms with E-state index >= 15 is 0 Å². The normalized spacial score (nSPS) is 33.2.